The lowest BCUT2D eigenvalue weighted by Gasteiger charge is -1.93. The molecule has 2 N–H and O–H groups in total. The van der Waals surface area contributed by atoms with Crippen LogP contribution in [0.3, 0.4) is 0 Å². The molecule has 0 fully saturated rings. The number of carbonyl (C=O) groups is 1. The molecule has 0 unspecified atom stereocenters. The first-order chi connectivity index (χ1) is 11.3. The second kappa shape index (κ2) is 7.04. The van der Waals surface area contributed by atoms with Gasteiger partial charge < -0.3 is 4.42 Å². The molecule has 0 atom stereocenters. The lowest BCUT2D eigenvalue weighted by molar-refractivity contribution is 0.0950. The fraction of sp³-hybridized carbons (Fsp3) is 0. The molecule has 3 aromatic rings. The number of rotatable bonds is 5. The maximum Gasteiger partial charge on any atom is 0.291 e. The molecule has 1 aromatic carbocycles. The Kier molecular flexibility index (Phi) is 4.44. The Labute approximate surface area is 132 Å². The first kappa shape index (κ1) is 14.5. The molecule has 0 aliphatic rings. The van der Waals surface area contributed by atoms with Gasteiger partial charge in [0.25, 0.3) is 5.91 Å². The number of nitrogens with zero attached hydrogens (tertiary/aromatic N) is 2. The van der Waals surface area contributed by atoms with Crippen LogP contribution in [0.15, 0.2) is 70.4 Å². The van der Waals surface area contributed by atoms with Gasteiger partial charge in [-0.15, -0.1) is 0 Å². The van der Waals surface area contributed by atoms with E-state index < -0.39 is 5.91 Å². The van der Waals surface area contributed by atoms with Gasteiger partial charge in [-0.1, -0.05) is 36.4 Å². The summed E-state index contributed by atoms with van der Waals surface area (Å²) in [6, 6.07) is 14.9. The van der Waals surface area contributed by atoms with E-state index in [1.165, 1.54) is 6.21 Å². The van der Waals surface area contributed by atoms with Crippen molar-refractivity contribution in [2.24, 2.45) is 5.10 Å². The van der Waals surface area contributed by atoms with Crippen LogP contribution in [0, 0.1) is 0 Å². The van der Waals surface area contributed by atoms with E-state index in [1.54, 1.807) is 30.5 Å². The quantitative estimate of drug-likeness (QED) is 0.561. The summed E-state index contributed by atoms with van der Waals surface area (Å²) in [5.74, 6) is 0.217. The third kappa shape index (κ3) is 3.82. The van der Waals surface area contributed by atoms with Crippen LogP contribution < -0.4 is 5.43 Å². The van der Waals surface area contributed by atoms with E-state index in [2.05, 4.69) is 20.7 Å². The van der Waals surface area contributed by atoms with Gasteiger partial charge in [-0.05, 0) is 23.8 Å². The van der Waals surface area contributed by atoms with Crippen molar-refractivity contribution in [3.8, 4) is 11.5 Å². The predicted octanol–water partition coefficient (Wildman–Crippen LogP) is 3.10. The number of aromatic nitrogens is 2. The van der Waals surface area contributed by atoms with Crippen LogP contribution in [0.2, 0.25) is 0 Å². The van der Waals surface area contributed by atoms with E-state index in [1.807, 2.05) is 36.4 Å². The fourth-order valence-corrected chi connectivity index (χ4v) is 1.91. The predicted molar refractivity (Wildman–Crippen MR) is 87.7 cm³/mol. The van der Waals surface area contributed by atoms with Crippen molar-refractivity contribution in [3.05, 3.63) is 72.1 Å². The second-order valence-electron chi connectivity index (χ2n) is 4.63. The molecular formula is C17H14N4O2. The largest absolute Gasteiger partial charge is 0.463 e. The van der Waals surface area contributed by atoms with E-state index in [4.69, 9.17) is 4.42 Å². The molecule has 0 aliphatic heterocycles. The Bertz CT molecular complexity index is 817. The first-order valence-corrected chi connectivity index (χ1v) is 6.97. The molecule has 1 amide bonds. The molecule has 0 saturated carbocycles. The maximum absolute atomic E-state index is 11.9. The summed E-state index contributed by atoms with van der Waals surface area (Å²) < 4.78 is 5.23. The molecule has 0 saturated heterocycles. The minimum Gasteiger partial charge on any atom is -0.463 e. The number of aromatic amines is 1. The third-order valence-corrected chi connectivity index (χ3v) is 3.01. The normalized spacial score (nSPS) is 11.3. The highest BCUT2D eigenvalue weighted by molar-refractivity contribution is 5.93. The fourth-order valence-electron chi connectivity index (χ4n) is 1.91. The molecule has 3 rings (SSSR count). The van der Waals surface area contributed by atoms with Crippen LogP contribution in [0.25, 0.3) is 17.5 Å². The number of benzene rings is 1. The van der Waals surface area contributed by atoms with E-state index in [-0.39, 0.29) is 5.69 Å². The molecule has 0 bridgehead atoms. The molecular weight excluding hydrogens is 292 g/mol. The van der Waals surface area contributed by atoms with Crippen LogP contribution >= 0.6 is 0 Å². The van der Waals surface area contributed by atoms with Gasteiger partial charge in [0.2, 0.25) is 0 Å². The Morgan fingerprint density at radius 3 is 2.87 bits per heavy atom. The number of H-pyrrole nitrogens is 1. The summed E-state index contributed by atoms with van der Waals surface area (Å²) in [5, 5.41) is 10.5. The van der Waals surface area contributed by atoms with Crippen LogP contribution in [0.4, 0.5) is 0 Å². The Morgan fingerprint density at radius 1 is 1.22 bits per heavy atom. The highest BCUT2D eigenvalue weighted by Gasteiger charge is 2.11. The minimum absolute atomic E-state index is 0.237. The zero-order valence-corrected chi connectivity index (χ0v) is 12.1. The van der Waals surface area contributed by atoms with Gasteiger partial charge in [-0.3, -0.25) is 9.89 Å². The molecule has 2 aromatic heterocycles. The molecule has 6 heteroatoms. The van der Waals surface area contributed by atoms with Crippen molar-refractivity contribution in [1.82, 2.24) is 15.6 Å². The monoisotopic (exact) mass is 306 g/mol. The number of furan rings is 1. The van der Waals surface area contributed by atoms with Gasteiger partial charge >= 0.3 is 0 Å². The van der Waals surface area contributed by atoms with Crippen LogP contribution in [-0.4, -0.2) is 22.3 Å². The lowest BCUT2D eigenvalue weighted by Crippen LogP contribution is -2.17. The van der Waals surface area contributed by atoms with Crippen molar-refractivity contribution in [2.75, 3.05) is 0 Å². The summed E-state index contributed by atoms with van der Waals surface area (Å²) in [5.41, 5.74) is 4.34. The molecule has 0 radical (unpaired) electrons. The number of hydrogen-bond acceptors (Lipinski definition) is 4. The minimum atomic E-state index is -0.400. The third-order valence-electron chi connectivity index (χ3n) is 3.01. The summed E-state index contributed by atoms with van der Waals surface area (Å²) in [7, 11) is 0. The van der Waals surface area contributed by atoms with Gasteiger partial charge in [-0.2, -0.15) is 10.2 Å². The number of hydrazone groups is 1. The van der Waals surface area contributed by atoms with Gasteiger partial charge in [0.05, 0.1) is 6.26 Å². The highest BCUT2D eigenvalue weighted by Crippen LogP contribution is 2.17. The molecule has 23 heavy (non-hydrogen) atoms. The number of amides is 1. The topological polar surface area (TPSA) is 83.3 Å². The summed E-state index contributed by atoms with van der Waals surface area (Å²) in [6.07, 6.45) is 6.69. The zero-order chi connectivity index (χ0) is 15.9. The Morgan fingerprint density at radius 2 is 2.09 bits per heavy atom. The summed E-state index contributed by atoms with van der Waals surface area (Å²) in [6.45, 7) is 0. The number of hydrogen-bond donors (Lipinski definition) is 2. The average molecular weight is 306 g/mol. The second-order valence-corrected chi connectivity index (χ2v) is 4.63. The maximum atomic E-state index is 11.9. The molecule has 114 valence electrons. The van der Waals surface area contributed by atoms with Gasteiger partial charge in [-0.25, -0.2) is 5.43 Å². The average Bonchev–Trinajstić information content (AvgIpc) is 3.26. The highest BCUT2D eigenvalue weighted by atomic mass is 16.3. The van der Waals surface area contributed by atoms with Crippen molar-refractivity contribution in [1.29, 1.82) is 0 Å². The SMILES string of the molecule is O=C(NN=CC=Cc1ccccc1)c1cc(-c2ccco2)[nH]n1. The van der Waals surface area contributed by atoms with Gasteiger partial charge in [0.1, 0.15) is 5.69 Å². The van der Waals surface area contributed by atoms with Gasteiger partial charge in [0.15, 0.2) is 11.5 Å². The van der Waals surface area contributed by atoms with Crippen LogP contribution in [0.1, 0.15) is 16.1 Å². The Hall–Kier alpha value is -3.41. The van der Waals surface area contributed by atoms with Crippen molar-refractivity contribution < 1.29 is 9.21 Å². The molecule has 0 spiro atoms. The lowest BCUT2D eigenvalue weighted by atomic mass is 10.2. The summed E-state index contributed by atoms with van der Waals surface area (Å²) in [4.78, 5) is 11.9. The van der Waals surface area contributed by atoms with Crippen LogP contribution in [-0.2, 0) is 0 Å². The zero-order valence-electron chi connectivity index (χ0n) is 12.1. The van der Waals surface area contributed by atoms with E-state index in [0.717, 1.165) is 5.56 Å². The Balaban J connectivity index is 1.55. The molecule has 6 nitrogen and oxygen atoms in total. The smallest absolute Gasteiger partial charge is 0.291 e. The standard InChI is InChI=1S/C17H14N4O2/c22-17(15-12-14(19-20-15)16-9-5-11-23-16)21-18-10-4-8-13-6-2-1-3-7-13/h1-12H,(H,19,20)(H,21,22). The first-order valence-electron chi connectivity index (χ1n) is 6.97. The van der Waals surface area contributed by atoms with Crippen LogP contribution in [0.5, 0.6) is 0 Å². The number of nitrogens with one attached hydrogen (secondary N) is 2. The van der Waals surface area contributed by atoms with E-state index in [9.17, 15) is 4.79 Å². The van der Waals surface area contributed by atoms with E-state index in [0.29, 0.717) is 11.5 Å². The molecule has 2 heterocycles. The molecule has 0 aliphatic carbocycles. The van der Waals surface area contributed by atoms with Crippen molar-refractivity contribution in [2.45, 2.75) is 0 Å². The van der Waals surface area contributed by atoms with Gasteiger partial charge in [0, 0.05) is 12.3 Å². The number of carbonyl (C=O) groups excluding carboxylic acids is 1. The number of allylic oxidation sites excluding steroid dienone is 1. The van der Waals surface area contributed by atoms with Crippen molar-refractivity contribution >= 4 is 18.2 Å². The van der Waals surface area contributed by atoms with E-state index >= 15 is 0 Å². The van der Waals surface area contributed by atoms with Crippen molar-refractivity contribution in [3.63, 3.8) is 0 Å². The summed E-state index contributed by atoms with van der Waals surface area (Å²) >= 11 is 0.